The summed E-state index contributed by atoms with van der Waals surface area (Å²) in [6.07, 6.45) is 1.75. The zero-order valence-corrected chi connectivity index (χ0v) is 17.7. The second kappa shape index (κ2) is 9.98. The van der Waals surface area contributed by atoms with Gasteiger partial charge in [0.2, 0.25) is 0 Å². The number of esters is 1. The molecule has 1 N–H and O–H groups in total. The molecule has 3 rings (SSSR count). The first-order chi connectivity index (χ1) is 14.5. The summed E-state index contributed by atoms with van der Waals surface area (Å²) in [6.45, 7) is 3.82. The van der Waals surface area contributed by atoms with Crippen molar-refractivity contribution < 1.29 is 23.8 Å². The van der Waals surface area contributed by atoms with Crippen molar-refractivity contribution >= 4 is 40.6 Å². The number of aliphatic imine (C=N–C) groups is 1. The quantitative estimate of drug-likeness (QED) is 0.535. The SMILES string of the molecule is CCOC(=O)COc1ccc(/C=C2/SC(=Nc3ccc(C)cc3)NC2=O)cc1OC. The van der Waals surface area contributed by atoms with Crippen molar-refractivity contribution in [2.24, 2.45) is 4.99 Å². The Labute approximate surface area is 179 Å². The monoisotopic (exact) mass is 426 g/mol. The zero-order chi connectivity index (χ0) is 21.5. The number of benzene rings is 2. The minimum Gasteiger partial charge on any atom is -0.493 e. The highest BCUT2D eigenvalue weighted by atomic mass is 32.2. The van der Waals surface area contributed by atoms with Crippen molar-refractivity contribution in [3.8, 4) is 11.5 Å². The molecule has 0 saturated carbocycles. The van der Waals surface area contributed by atoms with E-state index in [0.717, 1.165) is 16.8 Å². The Bertz CT molecular complexity index is 999. The molecule has 1 amide bonds. The fourth-order valence-corrected chi connectivity index (χ4v) is 3.44. The van der Waals surface area contributed by atoms with E-state index in [1.165, 1.54) is 18.9 Å². The van der Waals surface area contributed by atoms with Crippen molar-refractivity contribution in [2.45, 2.75) is 13.8 Å². The van der Waals surface area contributed by atoms with Gasteiger partial charge in [0, 0.05) is 0 Å². The van der Waals surface area contributed by atoms with Crippen LogP contribution < -0.4 is 14.8 Å². The van der Waals surface area contributed by atoms with Crippen molar-refractivity contribution in [2.75, 3.05) is 20.3 Å². The molecule has 1 saturated heterocycles. The van der Waals surface area contributed by atoms with Gasteiger partial charge in [-0.15, -0.1) is 0 Å². The molecule has 8 heteroatoms. The van der Waals surface area contributed by atoms with Gasteiger partial charge in [-0.25, -0.2) is 9.79 Å². The van der Waals surface area contributed by atoms with Gasteiger partial charge in [0.25, 0.3) is 5.91 Å². The highest BCUT2D eigenvalue weighted by Crippen LogP contribution is 2.32. The summed E-state index contributed by atoms with van der Waals surface area (Å²) < 4.78 is 15.6. The number of amidine groups is 1. The summed E-state index contributed by atoms with van der Waals surface area (Å²) in [5, 5.41) is 3.29. The molecule has 0 aromatic heterocycles. The van der Waals surface area contributed by atoms with Crippen LogP contribution in [-0.2, 0) is 14.3 Å². The third kappa shape index (κ3) is 5.64. The summed E-state index contributed by atoms with van der Waals surface area (Å²) in [7, 11) is 1.51. The molecule has 0 aliphatic carbocycles. The van der Waals surface area contributed by atoms with Crippen molar-refractivity contribution in [3.05, 3.63) is 58.5 Å². The molecule has 0 bridgehead atoms. The molecule has 0 spiro atoms. The van der Waals surface area contributed by atoms with Gasteiger partial charge in [-0.3, -0.25) is 4.79 Å². The predicted molar refractivity (Wildman–Crippen MR) is 117 cm³/mol. The Kier molecular flexibility index (Phi) is 7.13. The van der Waals surface area contributed by atoms with Gasteiger partial charge in [0.1, 0.15) is 0 Å². The van der Waals surface area contributed by atoms with Gasteiger partial charge in [0.05, 0.1) is 24.3 Å². The van der Waals surface area contributed by atoms with E-state index >= 15 is 0 Å². The van der Waals surface area contributed by atoms with E-state index in [0.29, 0.717) is 28.2 Å². The molecule has 30 heavy (non-hydrogen) atoms. The molecule has 2 aromatic rings. The Balaban J connectivity index is 1.73. The summed E-state index contributed by atoms with van der Waals surface area (Å²) in [5.41, 5.74) is 2.67. The van der Waals surface area contributed by atoms with Crippen LogP contribution >= 0.6 is 11.8 Å². The number of carbonyl (C=O) groups is 2. The maximum Gasteiger partial charge on any atom is 0.344 e. The predicted octanol–water partition coefficient (Wildman–Crippen LogP) is 3.84. The first-order valence-electron chi connectivity index (χ1n) is 9.31. The third-order valence-electron chi connectivity index (χ3n) is 4.05. The number of carbonyl (C=O) groups excluding carboxylic acids is 2. The van der Waals surface area contributed by atoms with Gasteiger partial charge in [-0.05, 0) is 61.5 Å². The van der Waals surface area contributed by atoms with Crippen LogP contribution in [0, 0.1) is 6.92 Å². The molecule has 0 atom stereocenters. The number of nitrogens with one attached hydrogen (secondary N) is 1. The van der Waals surface area contributed by atoms with E-state index < -0.39 is 5.97 Å². The number of ether oxygens (including phenoxy) is 3. The molecule has 0 radical (unpaired) electrons. The maximum atomic E-state index is 12.3. The summed E-state index contributed by atoms with van der Waals surface area (Å²) in [4.78, 5) is 28.8. The van der Waals surface area contributed by atoms with Crippen LogP contribution in [-0.4, -0.2) is 37.4 Å². The zero-order valence-electron chi connectivity index (χ0n) is 16.9. The fraction of sp³-hybridized carbons (Fsp3) is 0.227. The summed E-state index contributed by atoms with van der Waals surface area (Å²) in [5.74, 6) is 0.195. The molecule has 156 valence electrons. The number of hydrogen-bond acceptors (Lipinski definition) is 7. The number of nitrogens with zero attached hydrogens (tertiary/aromatic N) is 1. The van der Waals surface area contributed by atoms with Gasteiger partial charge >= 0.3 is 5.97 Å². The Hall–Kier alpha value is -3.26. The van der Waals surface area contributed by atoms with Crippen LogP contribution in [0.25, 0.3) is 6.08 Å². The van der Waals surface area contributed by atoms with Gasteiger partial charge in [0.15, 0.2) is 23.3 Å². The number of aryl methyl sites for hydroxylation is 1. The number of hydrogen-bond donors (Lipinski definition) is 1. The third-order valence-corrected chi connectivity index (χ3v) is 4.96. The van der Waals surface area contributed by atoms with E-state index in [1.54, 1.807) is 31.2 Å². The van der Waals surface area contributed by atoms with E-state index in [1.807, 2.05) is 31.2 Å². The lowest BCUT2D eigenvalue weighted by molar-refractivity contribution is -0.145. The van der Waals surface area contributed by atoms with Crippen LogP contribution in [0.5, 0.6) is 11.5 Å². The molecular formula is C22H22N2O5S. The second-order valence-corrected chi connectivity index (χ2v) is 7.35. The van der Waals surface area contributed by atoms with Crippen molar-refractivity contribution in [1.82, 2.24) is 5.32 Å². The second-order valence-electron chi connectivity index (χ2n) is 6.32. The van der Waals surface area contributed by atoms with E-state index in [-0.39, 0.29) is 12.5 Å². The molecule has 1 aliphatic rings. The van der Waals surface area contributed by atoms with E-state index in [2.05, 4.69) is 10.3 Å². The van der Waals surface area contributed by atoms with Crippen LogP contribution in [0.1, 0.15) is 18.1 Å². The Morgan fingerprint density at radius 2 is 1.93 bits per heavy atom. The average molecular weight is 426 g/mol. The molecular weight excluding hydrogens is 404 g/mol. The maximum absolute atomic E-state index is 12.3. The van der Waals surface area contributed by atoms with Gasteiger partial charge in [-0.2, -0.15) is 0 Å². The number of methoxy groups -OCH3 is 1. The molecule has 2 aromatic carbocycles. The first-order valence-corrected chi connectivity index (χ1v) is 10.1. The molecule has 1 heterocycles. The van der Waals surface area contributed by atoms with Crippen LogP contribution in [0.4, 0.5) is 5.69 Å². The highest BCUT2D eigenvalue weighted by Gasteiger charge is 2.24. The van der Waals surface area contributed by atoms with Crippen LogP contribution in [0.3, 0.4) is 0 Å². The van der Waals surface area contributed by atoms with E-state index in [9.17, 15) is 9.59 Å². The molecule has 1 fully saturated rings. The van der Waals surface area contributed by atoms with Gasteiger partial charge < -0.3 is 19.5 Å². The van der Waals surface area contributed by atoms with E-state index in [4.69, 9.17) is 14.2 Å². The summed E-state index contributed by atoms with van der Waals surface area (Å²) >= 11 is 1.27. The van der Waals surface area contributed by atoms with Crippen molar-refractivity contribution in [3.63, 3.8) is 0 Å². The lowest BCUT2D eigenvalue weighted by Gasteiger charge is -2.11. The standard InChI is InChI=1S/C22H22N2O5S/c1-4-28-20(25)13-29-17-10-7-15(11-18(17)27-3)12-19-21(26)24-22(30-19)23-16-8-5-14(2)6-9-16/h5-12H,4,13H2,1-3H3,(H,23,24,26)/b19-12+. The Morgan fingerprint density at radius 3 is 2.63 bits per heavy atom. The first kappa shape index (κ1) is 21.4. The lowest BCUT2D eigenvalue weighted by Crippen LogP contribution is -2.19. The highest BCUT2D eigenvalue weighted by molar-refractivity contribution is 8.18. The molecule has 0 unspecified atom stereocenters. The smallest absolute Gasteiger partial charge is 0.344 e. The number of thioether (sulfide) groups is 1. The summed E-state index contributed by atoms with van der Waals surface area (Å²) in [6, 6.07) is 12.9. The minimum atomic E-state index is -0.454. The average Bonchev–Trinajstić information content (AvgIpc) is 3.07. The fourth-order valence-electron chi connectivity index (χ4n) is 2.60. The largest absolute Gasteiger partial charge is 0.493 e. The molecule has 1 aliphatic heterocycles. The molecule has 7 nitrogen and oxygen atoms in total. The van der Waals surface area contributed by atoms with Gasteiger partial charge in [-0.1, -0.05) is 23.8 Å². The van der Waals surface area contributed by atoms with Crippen LogP contribution in [0.2, 0.25) is 0 Å². The Morgan fingerprint density at radius 1 is 1.17 bits per heavy atom. The van der Waals surface area contributed by atoms with Crippen LogP contribution in [0.15, 0.2) is 52.4 Å². The number of amides is 1. The number of rotatable bonds is 7. The normalized spacial score (nSPS) is 15.9. The topological polar surface area (TPSA) is 86.2 Å². The van der Waals surface area contributed by atoms with Crippen molar-refractivity contribution in [1.29, 1.82) is 0 Å². The minimum absolute atomic E-state index is 0.207. The lowest BCUT2D eigenvalue weighted by atomic mass is 10.2.